The lowest BCUT2D eigenvalue weighted by Crippen LogP contribution is -2.18. The molecule has 0 saturated carbocycles. The van der Waals surface area contributed by atoms with Crippen LogP contribution < -0.4 is 14.8 Å². The van der Waals surface area contributed by atoms with Crippen molar-refractivity contribution in [1.82, 2.24) is 0 Å². The van der Waals surface area contributed by atoms with Gasteiger partial charge in [-0.2, -0.15) is 0 Å². The zero-order chi connectivity index (χ0) is 25.4. The molecule has 0 radical (unpaired) electrons. The molecule has 1 aliphatic rings. The van der Waals surface area contributed by atoms with E-state index in [0.29, 0.717) is 47.1 Å². The van der Waals surface area contributed by atoms with E-state index in [4.69, 9.17) is 9.47 Å². The maximum absolute atomic E-state index is 12.2. The summed E-state index contributed by atoms with van der Waals surface area (Å²) in [7, 11) is 0. The van der Waals surface area contributed by atoms with Crippen molar-refractivity contribution in [1.29, 1.82) is 0 Å². The Kier molecular flexibility index (Phi) is 6.54. The first-order valence-corrected chi connectivity index (χ1v) is 11.4. The number of ether oxygens (including phenoxy) is 2. The molecule has 7 heteroatoms. The molecular weight excluding hydrogens is 446 g/mol. The van der Waals surface area contributed by atoms with E-state index >= 15 is 0 Å². The number of carboxylic acids is 1. The molecule has 0 spiro atoms. The zero-order valence-electron chi connectivity index (χ0n) is 20.5. The Bertz CT molecular complexity index is 1340. The van der Waals surface area contributed by atoms with Crippen LogP contribution in [-0.4, -0.2) is 35.3 Å². The van der Waals surface area contributed by atoms with Gasteiger partial charge in [0.2, 0.25) is 5.91 Å². The van der Waals surface area contributed by atoms with Gasteiger partial charge in [0.15, 0.2) is 17.6 Å². The lowest BCUT2D eigenvalue weighted by Gasteiger charge is -2.27. The maximum atomic E-state index is 12.2. The van der Waals surface area contributed by atoms with E-state index in [1.807, 2.05) is 45.0 Å². The Balaban J connectivity index is 2.11. The highest BCUT2D eigenvalue weighted by Gasteiger charge is 2.30. The molecule has 1 unspecified atom stereocenters. The van der Waals surface area contributed by atoms with Crippen molar-refractivity contribution >= 4 is 17.6 Å². The van der Waals surface area contributed by atoms with Crippen LogP contribution in [0.25, 0.3) is 22.3 Å². The summed E-state index contributed by atoms with van der Waals surface area (Å²) in [6.45, 7) is 9.91. The summed E-state index contributed by atoms with van der Waals surface area (Å²) >= 11 is 0. The minimum atomic E-state index is -1.79. The fraction of sp³-hybridized carbons (Fsp3) is 0.286. The Morgan fingerprint density at radius 3 is 2.11 bits per heavy atom. The van der Waals surface area contributed by atoms with E-state index in [-0.39, 0.29) is 11.5 Å². The smallest absolute Gasteiger partial charge is 0.337 e. The number of carbonyl (C=O) groups is 2. The Morgan fingerprint density at radius 2 is 1.49 bits per heavy atom. The van der Waals surface area contributed by atoms with Crippen LogP contribution >= 0.6 is 0 Å². The second kappa shape index (κ2) is 9.43. The number of aliphatic carboxylic acids is 1. The topological polar surface area (TPSA) is 105 Å². The van der Waals surface area contributed by atoms with Gasteiger partial charge in [0.05, 0.1) is 5.69 Å². The number of aliphatic hydroxyl groups is 1. The Labute approximate surface area is 204 Å². The molecule has 0 bridgehead atoms. The highest BCUT2D eigenvalue weighted by molar-refractivity contribution is 6.00. The number of hydrogen-bond acceptors (Lipinski definition) is 5. The molecule has 0 saturated heterocycles. The summed E-state index contributed by atoms with van der Waals surface area (Å²) in [5.41, 5.74) is 7.06. The van der Waals surface area contributed by atoms with Crippen molar-refractivity contribution in [2.45, 2.75) is 40.7 Å². The predicted molar refractivity (Wildman–Crippen MR) is 134 cm³/mol. The number of fused-ring (bicyclic) bond motifs is 1. The molecule has 35 heavy (non-hydrogen) atoms. The normalized spacial score (nSPS) is 13.3. The van der Waals surface area contributed by atoms with Gasteiger partial charge in [0, 0.05) is 18.1 Å². The number of aryl methyl sites for hydroxylation is 2. The number of carbonyl (C=O) groups excluding carboxylic acids is 1. The summed E-state index contributed by atoms with van der Waals surface area (Å²) in [5.74, 6) is -0.501. The maximum Gasteiger partial charge on any atom is 0.337 e. The minimum Gasteiger partial charge on any atom is -0.486 e. The van der Waals surface area contributed by atoms with Crippen molar-refractivity contribution in [3.05, 3.63) is 64.2 Å². The van der Waals surface area contributed by atoms with Crippen molar-refractivity contribution in [3.8, 4) is 33.8 Å². The standard InChI is InChI=1S/C28H29NO6/c1-14-6-7-19(12-15(14)2)24-16(3)23(20-8-9-21-22(13-20)35-11-10-34-21)25(27(31)28(32)33)17(4)26(24)29-18(5)30/h6-9,12-13,27,31H,10-11H2,1-5H3,(H,29,30)(H,32,33). The molecule has 1 atom stereocenters. The molecule has 0 aromatic heterocycles. The molecule has 4 rings (SSSR count). The van der Waals surface area contributed by atoms with E-state index in [9.17, 15) is 19.8 Å². The van der Waals surface area contributed by atoms with Gasteiger partial charge in [-0.25, -0.2) is 4.79 Å². The first-order chi connectivity index (χ1) is 16.6. The van der Waals surface area contributed by atoms with Crippen LogP contribution in [-0.2, 0) is 9.59 Å². The van der Waals surface area contributed by atoms with Gasteiger partial charge in [-0.05, 0) is 78.8 Å². The third-order valence-corrected chi connectivity index (χ3v) is 6.48. The molecule has 0 fully saturated rings. The van der Waals surface area contributed by atoms with Gasteiger partial charge in [-0.15, -0.1) is 0 Å². The number of aliphatic hydroxyl groups excluding tert-OH is 1. The summed E-state index contributed by atoms with van der Waals surface area (Å²) in [6, 6.07) is 11.5. The molecular formula is C28H29NO6. The number of carboxylic acid groups (broad SMARTS) is 1. The summed E-state index contributed by atoms with van der Waals surface area (Å²) in [5, 5.41) is 23.5. The van der Waals surface area contributed by atoms with Crippen LogP contribution in [0.1, 0.15) is 40.8 Å². The highest BCUT2D eigenvalue weighted by atomic mass is 16.6. The van der Waals surface area contributed by atoms with Crippen LogP contribution in [0.15, 0.2) is 36.4 Å². The number of hydrogen-bond donors (Lipinski definition) is 3. The third kappa shape index (κ3) is 4.47. The third-order valence-electron chi connectivity index (χ3n) is 6.48. The van der Waals surface area contributed by atoms with Crippen LogP contribution in [0.5, 0.6) is 11.5 Å². The van der Waals surface area contributed by atoms with Crippen molar-refractivity contribution in [2.75, 3.05) is 18.5 Å². The second-order valence-corrected chi connectivity index (χ2v) is 8.87. The Morgan fingerprint density at radius 1 is 0.857 bits per heavy atom. The SMILES string of the molecule is CC(=O)Nc1c(C)c(C(O)C(=O)O)c(-c2ccc3c(c2)OCCO3)c(C)c1-c1ccc(C)c(C)c1. The highest BCUT2D eigenvalue weighted by Crippen LogP contribution is 2.47. The van der Waals surface area contributed by atoms with Gasteiger partial charge in [0.25, 0.3) is 0 Å². The molecule has 1 heterocycles. The average molecular weight is 476 g/mol. The van der Waals surface area contributed by atoms with Crippen LogP contribution in [0.2, 0.25) is 0 Å². The lowest BCUT2D eigenvalue weighted by molar-refractivity contribution is -0.146. The monoisotopic (exact) mass is 475 g/mol. The summed E-state index contributed by atoms with van der Waals surface area (Å²) in [4.78, 5) is 24.2. The zero-order valence-corrected chi connectivity index (χ0v) is 20.5. The summed E-state index contributed by atoms with van der Waals surface area (Å²) < 4.78 is 11.4. The van der Waals surface area contributed by atoms with E-state index in [0.717, 1.165) is 27.8 Å². The first-order valence-electron chi connectivity index (χ1n) is 11.4. The van der Waals surface area contributed by atoms with E-state index in [1.54, 1.807) is 19.1 Å². The van der Waals surface area contributed by atoms with Crippen LogP contribution in [0.3, 0.4) is 0 Å². The number of rotatable bonds is 5. The predicted octanol–water partition coefficient (Wildman–Crippen LogP) is 5.10. The van der Waals surface area contributed by atoms with Gasteiger partial charge in [-0.1, -0.05) is 24.3 Å². The molecule has 3 aromatic carbocycles. The molecule has 3 N–H and O–H groups in total. The molecule has 0 aliphatic carbocycles. The molecule has 3 aromatic rings. The van der Waals surface area contributed by atoms with Gasteiger partial charge in [0.1, 0.15) is 13.2 Å². The van der Waals surface area contributed by atoms with Gasteiger partial charge in [-0.3, -0.25) is 4.79 Å². The number of amides is 1. The first kappa shape index (κ1) is 24.3. The molecule has 1 aliphatic heterocycles. The molecule has 1 amide bonds. The quantitative estimate of drug-likeness (QED) is 0.474. The fourth-order valence-corrected chi connectivity index (χ4v) is 4.65. The minimum absolute atomic E-state index is 0.225. The molecule has 7 nitrogen and oxygen atoms in total. The lowest BCUT2D eigenvalue weighted by atomic mass is 9.82. The average Bonchev–Trinajstić information content (AvgIpc) is 2.82. The van der Waals surface area contributed by atoms with Crippen LogP contribution in [0, 0.1) is 27.7 Å². The largest absolute Gasteiger partial charge is 0.486 e. The van der Waals surface area contributed by atoms with Crippen molar-refractivity contribution in [2.24, 2.45) is 0 Å². The van der Waals surface area contributed by atoms with Crippen molar-refractivity contribution in [3.63, 3.8) is 0 Å². The van der Waals surface area contributed by atoms with E-state index in [1.165, 1.54) is 6.92 Å². The van der Waals surface area contributed by atoms with Crippen molar-refractivity contribution < 1.29 is 29.3 Å². The summed E-state index contributed by atoms with van der Waals surface area (Å²) in [6.07, 6.45) is -1.79. The van der Waals surface area contributed by atoms with E-state index in [2.05, 4.69) is 5.32 Å². The van der Waals surface area contributed by atoms with Gasteiger partial charge < -0.3 is 25.0 Å². The second-order valence-electron chi connectivity index (χ2n) is 8.87. The number of anilines is 1. The fourth-order valence-electron chi connectivity index (χ4n) is 4.65. The van der Waals surface area contributed by atoms with Gasteiger partial charge >= 0.3 is 5.97 Å². The van der Waals surface area contributed by atoms with Crippen LogP contribution in [0.4, 0.5) is 5.69 Å². The van der Waals surface area contributed by atoms with E-state index < -0.39 is 12.1 Å². The number of benzene rings is 3. The Hall–Kier alpha value is -3.84. The molecule has 182 valence electrons. The number of nitrogens with one attached hydrogen (secondary N) is 1.